The number of phenolic OH excluding ortho intramolecular Hbond substituents is 2. The van der Waals surface area contributed by atoms with Crippen molar-refractivity contribution >= 4 is 11.9 Å². The quantitative estimate of drug-likeness (QED) is 0.0542. The Morgan fingerprint density at radius 3 is 1.43 bits per heavy atom. The van der Waals surface area contributed by atoms with Crippen LogP contribution < -0.4 is 31.6 Å². The number of benzene rings is 4. The molecule has 0 radical (unpaired) electrons. The fourth-order valence-corrected chi connectivity index (χ4v) is 5.46. The van der Waals surface area contributed by atoms with E-state index in [4.69, 9.17) is 31.8 Å². The van der Waals surface area contributed by atoms with Gasteiger partial charge in [0.2, 0.25) is 0 Å². The van der Waals surface area contributed by atoms with Crippen molar-refractivity contribution in [2.24, 2.45) is 11.5 Å². The highest BCUT2D eigenvalue weighted by Gasteiger charge is 2.17. The number of ether oxygens (including phenoxy) is 2. The van der Waals surface area contributed by atoms with Crippen molar-refractivity contribution in [2.45, 2.75) is 39.5 Å². The Kier molecular flexibility index (Phi) is 11.7. The van der Waals surface area contributed by atoms with E-state index in [2.05, 4.69) is 10.6 Å². The van der Waals surface area contributed by atoms with Crippen molar-refractivity contribution in [1.82, 2.24) is 10.6 Å². The third-order valence-corrected chi connectivity index (χ3v) is 7.73. The molecule has 10 N–H and O–H groups in total. The fraction of sp³-hybridized carbons (Fsp3) is 0.278. The van der Waals surface area contributed by atoms with Crippen molar-refractivity contribution in [3.8, 4) is 23.0 Å². The number of para-hydroxylation sites is 4. The number of hydrogen-bond acceptors (Lipinski definition) is 6. The molecule has 0 fully saturated rings. The zero-order valence-corrected chi connectivity index (χ0v) is 26.5. The fourth-order valence-electron chi connectivity index (χ4n) is 5.46. The molecule has 10 heteroatoms. The van der Waals surface area contributed by atoms with Gasteiger partial charge in [0.05, 0.1) is 13.1 Å². The standard InChI is InChI=1S/C36H44N6O4/c1-3-24-9-5-10-25(31(24)43)21-29-14-7-15-30(34(29)46-19-17-42-36(39)40)22-27-12-6-11-26(32(27)44)20-28-13-4-8-23(2)33(28)45-18-16-41-35(37)38/h4-15,43-44H,3,16-22H2,1-2H3,(H4,37,38,41)(H4,39,40,42). The van der Waals surface area contributed by atoms with E-state index >= 15 is 0 Å². The van der Waals surface area contributed by atoms with Gasteiger partial charge in [-0.3, -0.25) is 10.8 Å². The maximum Gasteiger partial charge on any atom is 0.185 e. The molecule has 10 nitrogen and oxygen atoms in total. The first-order valence-electron chi connectivity index (χ1n) is 15.4. The predicted molar refractivity (Wildman–Crippen MR) is 182 cm³/mol. The molecule has 0 amide bonds. The zero-order chi connectivity index (χ0) is 33.1. The van der Waals surface area contributed by atoms with Crippen LogP contribution in [0.25, 0.3) is 0 Å². The molecule has 0 bridgehead atoms. The average Bonchev–Trinajstić information content (AvgIpc) is 3.02. The molecule has 0 heterocycles. The van der Waals surface area contributed by atoms with Gasteiger partial charge < -0.3 is 41.8 Å². The summed E-state index contributed by atoms with van der Waals surface area (Å²) in [6.07, 6.45) is 2.07. The summed E-state index contributed by atoms with van der Waals surface area (Å²) in [7, 11) is 0. The minimum absolute atomic E-state index is 0.106. The van der Waals surface area contributed by atoms with E-state index in [-0.39, 0.29) is 24.3 Å². The van der Waals surface area contributed by atoms with E-state index in [9.17, 15) is 10.2 Å². The highest BCUT2D eigenvalue weighted by molar-refractivity contribution is 5.74. The number of nitrogens with two attached hydrogens (primary N) is 2. The van der Waals surface area contributed by atoms with E-state index < -0.39 is 0 Å². The van der Waals surface area contributed by atoms with E-state index in [0.29, 0.717) is 50.5 Å². The number of nitrogens with one attached hydrogen (secondary N) is 4. The highest BCUT2D eigenvalue weighted by atomic mass is 16.5. The Morgan fingerprint density at radius 1 is 0.609 bits per heavy atom. The largest absolute Gasteiger partial charge is 0.507 e. The third kappa shape index (κ3) is 8.84. The van der Waals surface area contributed by atoms with Crippen LogP contribution in [0.2, 0.25) is 0 Å². The molecule has 0 atom stereocenters. The van der Waals surface area contributed by atoms with Gasteiger partial charge in [0.1, 0.15) is 36.2 Å². The maximum absolute atomic E-state index is 11.5. The third-order valence-electron chi connectivity index (χ3n) is 7.73. The lowest BCUT2D eigenvalue weighted by Crippen LogP contribution is -2.33. The molecule has 0 aliphatic heterocycles. The molecular formula is C36H44N6O4. The molecule has 0 aliphatic rings. The van der Waals surface area contributed by atoms with Crippen molar-refractivity contribution in [1.29, 1.82) is 10.8 Å². The molecule has 0 saturated heterocycles. The summed E-state index contributed by atoms with van der Waals surface area (Å²) in [5.41, 5.74) is 17.8. The van der Waals surface area contributed by atoms with Gasteiger partial charge in [-0.1, -0.05) is 79.7 Å². The molecule has 0 aliphatic carbocycles. The van der Waals surface area contributed by atoms with Crippen molar-refractivity contribution < 1.29 is 19.7 Å². The lowest BCUT2D eigenvalue weighted by Gasteiger charge is -2.19. The zero-order valence-electron chi connectivity index (χ0n) is 26.5. The SMILES string of the molecule is CCc1cccc(Cc2cccc(Cc3cccc(Cc4cccc(C)c4OCCNC(=N)N)c3O)c2OCCNC(=N)N)c1O. The monoisotopic (exact) mass is 624 g/mol. The number of aryl methyl sites for hydroxylation is 2. The maximum atomic E-state index is 11.5. The Hall–Kier alpha value is -5.38. The van der Waals surface area contributed by atoms with Crippen molar-refractivity contribution in [3.05, 3.63) is 117 Å². The van der Waals surface area contributed by atoms with Crippen LogP contribution >= 0.6 is 0 Å². The second-order valence-corrected chi connectivity index (χ2v) is 11.1. The van der Waals surface area contributed by atoms with E-state index in [0.717, 1.165) is 56.7 Å². The number of phenols is 2. The van der Waals surface area contributed by atoms with Crippen LogP contribution in [-0.4, -0.2) is 48.4 Å². The van der Waals surface area contributed by atoms with Gasteiger partial charge in [0.15, 0.2) is 11.9 Å². The van der Waals surface area contributed by atoms with Crippen LogP contribution in [0.15, 0.2) is 72.8 Å². The van der Waals surface area contributed by atoms with Gasteiger partial charge in [-0.2, -0.15) is 0 Å². The number of hydrogen-bond donors (Lipinski definition) is 8. The van der Waals surface area contributed by atoms with Gasteiger partial charge in [-0.25, -0.2) is 0 Å². The van der Waals surface area contributed by atoms with Gasteiger partial charge in [0.25, 0.3) is 0 Å². The molecule has 4 aromatic rings. The lowest BCUT2D eigenvalue weighted by molar-refractivity contribution is 0.316. The Morgan fingerprint density at radius 2 is 0.978 bits per heavy atom. The van der Waals surface area contributed by atoms with Gasteiger partial charge in [0, 0.05) is 19.3 Å². The summed E-state index contributed by atoms with van der Waals surface area (Å²) in [6.45, 7) is 5.36. The summed E-state index contributed by atoms with van der Waals surface area (Å²) >= 11 is 0. The minimum atomic E-state index is -0.130. The molecular weight excluding hydrogens is 580 g/mol. The molecule has 4 aromatic carbocycles. The molecule has 0 spiro atoms. The number of rotatable bonds is 15. The van der Waals surface area contributed by atoms with Gasteiger partial charge in [-0.15, -0.1) is 0 Å². The van der Waals surface area contributed by atoms with Crippen LogP contribution in [-0.2, 0) is 25.7 Å². The highest BCUT2D eigenvalue weighted by Crippen LogP contribution is 2.35. The molecule has 4 rings (SSSR count). The first-order chi connectivity index (χ1) is 22.2. The average molecular weight is 625 g/mol. The van der Waals surface area contributed by atoms with Crippen molar-refractivity contribution in [2.75, 3.05) is 26.3 Å². The van der Waals surface area contributed by atoms with Crippen LogP contribution in [0.4, 0.5) is 0 Å². The van der Waals surface area contributed by atoms with Gasteiger partial charge in [-0.05, 0) is 57.9 Å². The first-order valence-corrected chi connectivity index (χ1v) is 15.4. The Balaban J connectivity index is 1.62. The summed E-state index contributed by atoms with van der Waals surface area (Å²) in [6, 6.07) is 23.4. The van der Waals surface area contributed by atoms with Crippen LogP contribution in [0.5, 0.6) is 23.0 Å². The smallest absolute Gasteiger partial charge is 0.185 e. The lowest BCUT2D eigenvalue weighted by atomic mass is 9.94. The normalized spacial score (nSPS) is 10.7. The summed E-state index contributed by atoms with van der Waals surface area (Å²) in [4.78, 5) is 0. The molecule has 0 unspecified atom stereocenters. The second kappa shape index (κ2) is 16.1. The van der Waals surface area contributed by atoms with E-state index in [1.807, 2.05) is 86.6 Å². The van der Waals surface area contributed by atoms with Crippen LogP contribution in [0, 0.1) is 17.7 Å². The summed E-state index contributed by atoms with van der Waals surface area (Å²) in [5, 5.41) is 42.7. The topological polar surface area (TPSA) is 183 Å². The molecule has 0 aromatic heterocycles. The van der Waals surface area contributed by atoms with E-state index in [1.54, 1.807) is 0 Å². The Labute approximate surface area is 270 Å². The van der Waals surface area contributed by atoms with Gasteiger partial charge >= 0.3 is 0 Å². The summed E-state index contributed by atoms with van der Waals surface area (Å²) < 4.78 is 12.4. The molecule has 0 saturated carbocycles. The predicted octanol–water partition coefficient (Wildman–Crippen LogP) is 4.46. The molecule has 46 heavy (non-hydrogen) atoms. The van der Waals surface area contributed by atoms with Crippen LogP contribution in [0.3, 0.4) is 0 Å². The summed E-state index contributed by atoms with van der Waals surface area (Å²) in [5.74, 6) is 1.68. The van der Waals surface area contributed by atoms with Crippen molar-refractivity contribution in [3.63, 3.8) is 0 Å². The second-order valence-electron chi connectivity index (χ2n) is 11.1. The Bertz CT molecular complexity index is 1670. The van der Waals surface area contributed by atoms with Crippen LogP contribution in [0.1, 0.15) is 51.4 Å². The minimum Gasteiger partial charge on any atom is -0.507 e. The number of guanidine groups is 2. The number of aromatic hydroxyl groups is 2. The molecule has 242 valence electrons. The van der Waals surface area contributed by atoms with E-state index in [1.165, 1.54) is 0 Å². The first kappa shape index (κ1) is 33.5.